The van der Waals surface area contributed by atoms with Gasteiger partial charge in [0.1, 0.15) is 0 Å². The van der Waals surface area contributed by atoms with E-state index >= 15 is 0 Å². The van der Waals surface area contributed by atoms with Crippen LogP contribution in [0, 0.1) is 0 Å². The number of unbranched alkanes of at least 4 members (excludes halogenated alkanes) is 1. The largest absolute Gasteiger partial charge is 0.370 e. The number of carbonyl (C=O) groups is 3. The predicted octanol–water partition coefficient (Wildman–Crippen LogP) is 1.69. The third-order valence-corrected chi connectivity index (χ3v) is 5.13. The average molecular weight is 300 g/mol. The van der Waals surface area contributed by atoms with Crippen molar-refractivity contribution in [3.05, 3.63) is 0 Å². The van der Waals surface area contributed by atoms with Gasteiger partial charge in [0, 0.05) is 24.6 Å². The topological polar surface area (TPSA) is 80.5 Å². The number of imide groups is 1. The predicted molar refractivity (Wildman–Crippen MR) is 80.1 cm³/mol. The lowest BCUT2D eigenvalue weighted by Gasteiger charge is -2.18. The number of nitrogens with two attached hydrogens (primary N) is 1. The van der Waals surface area contributed by atoms with Crippen LogP contribution in [-0.4, -0.2) is 39.7 Å². The smallest absolute Gasteiger partial charge is 0.242 e. The van der Waals surface area contributed by atoms with Crippen molar-refractivity contribution < 1.29 is 14.4 Å². The number of rotatable bonds is 9. The zero-order valence-electron chi connectivity index (χ0n) is 12.3. The molecule has 0 aromatic heterocycles. The monoisotopic (exact) mass is 300 g/mol. The lowest BCUT2D eigenvalue weighted by Crippen LogP contribution is -2.34. The van der Waals surface area contributed by atoms with Gasteiger partial charge in [0.2, 0.25) is 17.7 Å². The highest BCUT2D eigenvalue weighted by atomic mass is 32.2. The number of nitrogens with zero attached hydrogens (tertiary/aromatic N) is 1. The van der Waals surface area contributed by atoms with E-state index in [0.717, 1.165) is 25.7 Å². The van der Waals surface area contributed by atoms with Crippen LogP contribution in [0.5, 0.6) is 0 Å². The summed E-state index contributed by atoms with van der Waals surface area (Å²) in [6.45, 7) is 4.38. The molecule has 0 aromatic carbocycles. The van der Waals surface area contributed by atoms with Crippen LogP contribution in [0.2, 0.25) is 0 Å². The van der Waals surface area contributed by atoms with E-state index in [9.17, 15) is 14.4 Å². The van der Waals surface area contributed by atoms with E-state index in [4.69, 9.17) is 5.73 Å². The van der Waals surface area contributed by atoms with Crippen molar-refractivity contribution >= 4 is 29.5 Å². The molecule has 2 atom stereocenters. The van der Waals surface area contributed by atoms with Gasteiger partial charge in [0.15, 0.2) is 0 Å². The number of hydrogen-bond acceptors (Lipinski definition) is 4. The van der Waals surface area contributed by atoms with Crippen LogP contribution in [0.1, 0.15) is 52.4 Å². The Balaban J connectivity index is 2.53. The van der Waals surface area contributed by atoms with Gasteiger partial charge in [-0.15, -0.1) is 11.8 Å². The van der Waals surface area contributed by atoms with Gasteiger partial charge in [0.25, 0.3) is 0 Å². The zero-order chi connectivity index (χ0) is 15.1. The van der Waals surface area contributed by atoms with Crippen molar-refractivity contribution in [3.63, 3.8) is 0 Å². The normalized spacial score (nSPS) is 20.5. The summed E-state index contributed by atoms with van der Waals surface area (Å²) in [7, 11) is 0. The summed E-state index contributed by atoms with van der Waals surface area (Å²) in [6.07, 6.45) is 4.67. The molecule has 0 spiro atoms. The maximum absolute atomic E-state index is 12.2. The quantitative estimate of drug-likeness (QED) is 0.657. The number of hydrogen-bond donors (Lipinski definition) is 1. The second-order valence-electron chi connectivity index (χ2n) is 5.10. The Hall–Kier alpha value is -1.04. The Morgan fingerprint density at radius 2 is 2.15 bits per heavy atom. The molecule has 1 aliphatic rings. The standard InChI is InChI=1S/C14H24N2O3S/c1-3-5-6-10(4-2)20-11-9-13(18)16(14(11)19)8-7-12(15)17/h10-11H,3-9H2,1-2H3,(H2,15,17). The Bertz CT molecular complexity index is 373. The number of thioether (sulfide) groups is 1. The fraction of sp³-hybridized carbons (Fsp3) is 0.786. The summed E-state index contributed by atoms with van der Waals surface area (Å²) in [4.78, 5) is 36.0. The van der Waals surface area contributed by atoms with Gasteiger partial charge in [-0.2, -0.15) is 0 Å². The molecule has 0 bridgehead atoms. The second-order valence-corrected chi connectivity index (χ2v) is 6.61. The lowest BCUT2D eigenvalue weighted by atomic mass is 10.2. The molecule has 0 aliphatic carbocycles. The third-order valence-electron chi connectivity index (χ3n) is 3.48. The highest BCUT2D eigenvalue weighted by Gasteiger charge is 2.39. The minimum Gasteiger partial charge on any atom is -0.370 e. The van der Waals surface area contributed by atoms with Gasteiger partial charge in [-0.25, -0.2) is 0 Å². The molecule has 2 N–H and O–H groups in total. The van der Waals surface area contributed by atoms with Crippen molar-refractivity contribution in [2.75, 3.05) is 6.54 Å². The molecule has 1 aliphatic heterocycles. The van der Waals surface area contributed by atoms with Crippen LogP contribution in [-0.2, 0) is 14.4 Å². The maximum Gasteiger partial charge on any atom is 0.242 e. The highest BCUT2D eigenvalue weighted by Crippen LogP contribution is 2.32. The molecule has 1 fully saturated rings. The van der Waals surface area contributed by atoms with Gasteiger partial charge in [-0.05, 0) is 12.8 Å². The van der Waals surface area contributed by atoms with Crippen molar-refractivity contribution in [2.24, 2.45) is 5.73 Å². The molecule has 5 nitrogen and oxygen atoms in total. The first-order valence-electron chi connectivity index (χ1n) is 7.27. The van der Waals surface area contributed by atoms with Crippen molar-refractivity contribution in [1.29, 1.82) is 0 Å². The molecule has 114 valence electrons. The molecular formula is C14H24N2O3S. The molecule has 1 rings (SSSR count). The van der Waals surface area contributed by atoms with E-state index in [0.29, 0.717) is 5.25 Å². The first-order valence-corrected chi connectivity index (χ1v) is 8.21. The summed E-state index contributed by atoms with van der Waals surface area (Å²) >= 11 is 1.61. The summed E-state index contributed by atoms with van der Waals surface area (Å²) < 4.78 is 0. The second kappa shape index (κ2) is 8.29. The fourth-order valence-electron chi connectivity index (χ4n) is 2.25. The van der Waals surface area contributed by atoms with Crippen molar-refractivity contribution in [1.82, 2.24) is 4.90 Å². The molecule has 1 saturated heterocycles. The summed E-state index contributed by atoms with van der Waals surface area (Å²) in [5, 5.41) is 0.143. The molecule has 3 amide bonds. The minimum atomic E-state index is -0.490. The van der Waals surface area contributed by atoms with E-state index in [1.54, 1.807) is 11.8 Å². The molecule has 6 heteroatoms. The number of amides is 3. The van der Waals surface area contributed by atoms with E-state index in [1.165, 1.54) is 4.90 Å². The van der Waals surface area contributed by atoms with E-state index in [-0.39, 0.29) is 36.5 Å². The number of carbonyl (C=O) groups excluding carboxylic acids is 3. The maximum atomic E-state index is 12.2. The number of likely N-dealkylation sites (tertiary alicyclic amines) is 1. The van der Waals surface area contributed by atoms with Gasteiger partial charge in [-0.1, -0.05) is 26.7 Å². The van der Waals surface area contributed by atoms with Crippen LogP contribution in [0.25, 0.3) is 0 Å². The lowest BCUT2D eigenvalue weighted by molar-refractivity contribution is -0.138. The van der Waals surface area contributed by atoms with Crippen LogP contribution in [0.4, 0.5) is 0 Å². The fourth-order valence-corrected chi connectivity index (χ4v) is 3.69. The van der Waals surface area contributed by atoms with Crippen molar-refractivity contribution in [3.8, 4) is 0 Å². The highest BCUT2D eigenvalue weighted by molar-refractivity contribution is 8.01. The zero-order valence-corrected chi connectivity index (χ0v) is 13.1. The van der Waals surface area contributed by atoms with E-state index in [2.05, 4.69) is 13.8 Å². The molecule has 0 radical (unpaired) electrons. The molecular weight excluding hydrogens is 276 g/mol. The Morgan fingerprint density at radius 1 is 1.45 bits per heavy atom. The van der Waals surface area contributed by atoms with Gasteiger partial charge in [-0.3, -0.25) is 19.3 Å². The summed E-state index contributed by atoms with van der Waals surface area (Å²) in [5.74, 6) is -0.827. The third kappa shape index (κ3) is 4.81. The molecule has 0 aromatic rings. The summed E-state index contributed by atoms with van der Waals surface area (Å²) in [5.41, 5.74) is 5.06. The van der Waals surface area contributed by atoms with Crippen LogP contribution in [0.15, 0.2) is 0 Å². The minimum absolute atomic E-state index is 0.0436. The Labute approximate surface area is 124 Å². The van der Waals surface area contributed by atoms with Crippen LogP contribution < -0.4 is 5.73 Å². The Kier molecular flexibility index (Phi) is 7.05. The molecule has 0 saturated carbocycles. The van der Waals surface area contributed by atoms with E-state index in [1.807, 2.05) is 0 Å². The van der Waals surface area contributed by atoms with Gasteiger partial charge >= 0.3 is 0 Å². The average Bonchev–Trinajstić information content (AvgIpc) is 2.67. The van der Waals surface area contributed by atoms with E-state index < -0.39 is 5.91 Å². The van der Waals surface area contributed by atoms with Crippen LogP contribution >= 0.6 is 11.8 Å². The summed E-state index contributed by atoms with van der Waals surface area (Å²) in [6, 6.07) is 0. The Morgan fingerprint density at radius 3 is 2.70 bits per heavy atom. The molecule has 2 unspecified atom stereocenters. The first kappa shape index (κ1) is 17.0. The molecule has 1 heterocycles. The van der Waals surface area contributed by atoms with Gasteiger partial charge < -0.3 is 5.73 Å². The molecule has 20 heavy (non-hydrogen) atoms. The SMILES string of the molecule is CCCCC(CC)SC1CC(=O)N(CCC(N)=O)C1=O. The van der Waals surface area contributed by atoms with Crippen molar-refractivity contribution in [2.45, 2.75) is 62.9 Å². The van der Waals surface area contributed by atoms with Crippen LogP contribution in [0.3, 0.4) is 0 Å². The van der Waals surface area contributed by atoms with Gasteiger partial charge in [0.05, 0.1) is 5.25 Å². The first-order chi connectivity index (χ1) is 9.49. The number of primary amides is 1.